The molecule has 2 rings (SSSR count). The summed E-state index contributed by atoms with van der Waals surface area (Å²) < 4.78 is 13.4. The topological polar surface area (TPSA) is 66.6 Å². The van der Waals surface area contributed by atoms with Crippen LogP contribution in [0.5, 0.6) is 0 Å². The molecule has 0 aromatic heterocycles. The van der Waals surface area contributed by atoms with Crippen LogP contribution in [0.1, 0.15) is 25.7 Å². The number of halogens is 2. The van der Waals surface area contributed by atoms with Gasteiger partial charge in [-0.25, -0.2) is 4.39 Å². The summed E-state index contributed by atoms with van der Waals surface area (Å²) in [5, 5.41) is 20.9. The number of nitrogens with zero attached hydrogens (tertiary/aromatic N) is 2. The first kappa shape index (κ1) is 15.0. The zero-order chi connectivity index (χ0) is 14.9. The average Bonchev–Trinajstić information content (AvgIpc) is 2.41. The zero-order valence-corrected chi connectivity index (χ0v) is 11.8. The van der Waals surface area contributed by atoms with E-state index in [2.05, 4.69) is 0 Å². The van der Waals surface area contributed by atoms with Crippen molar-refractivity contribution in [3.05, 3.63) is 33.1 Å². The van der Waals surface area contributed by atoms with Gasteiger partial charge in [0.1, 0.15) is 11.5 Å². The lowest BCUT2D eigenvalue weighted by Crippen LogP contribution is -2.43. The second kappa shape index (κ2) is 5.93. The molecule has 1 aromatic carbocycles. The predicted molar refractivity (Wildman–Crippen MR) is 74.7 cm³/mol. The summed E-state index contributed by atoms with van der Waals surface area (Å²) in [5.74, 6) is -0.820. The van der Waals surface area contributed by atoms with Crippen molar-refractivity contribution in [3.8, 4) is 0 Å². The molecule has 2 unspecified atom stereocenters. The molecule has 110 valence electrons. The second-order valence-electron chi connectivity index (χ2n) is 5.04. The molecule has 1 saturated carbocycles. The first-order valence-corrected chi connectivity index (χ1v) is 6.84. The number of nitro benzene ring substituents is 1. The van der Waals surface area contributed by atoms with Crippen molar-refractivity contribution < 1.29 is 14.4 Å². The van der Waals surface area contributed by atoms with Gasteiger partial charge in [-0.15, -0.1) is 0 Å². The van der Waals surface area contributed by atoms with Crippen molar-refractivity contribution in [2.45, 2.75) is 37.8 Å². The fourth-order valence-corrected chi connectivity index (χ4v) is 2.83. The minimum atomic E-state index is -0.820. The highest BCUT2D eigenvalue weighted by atomic mass is 35.5. The Hall–Kier alpha value is -1.40. The van der Waals surface area contributed by atoms with Crippen LogP contribution >= 0.6 is 11.6 Å². The molecule has 5 nitrogen and oxygen atoms in total. The smallest absolute Gasteiger partial charge is 0.295 e. The maximum absolute atomic E-state index is 13.4. The van der Waals surface area contributed by atoms with Crippen LogP contribution in [0.4, 0.5) is 15.8 Å². The highest BCUT2D eigenvalue weighted by Crippen LogP contribution is 2.36. The maximum atomic E-state index is 13.4. The van der Waals surface area contributed by atoms with E-state index in [1.165, 1.54) is 6.07 Å². The molecule has 1 aliphatic carbocycles. The molecular formula is C13H16ClFN2O3. The quantitative estimate of drug-likeness (QED) is 0.688. The molecule has 7 heteroatoms. The van der Waals surface area contributed by atoms with Crippen molar-refractivity contribution in [2.75, 3.05) is 11.9 Å². The Labute approximate surface area is 121 Å². The maximum Gasteiger partial charge on any atom is 0.295 e. The highest BCUT2D eigenvalue weighted by Gasteiger charge is 2.31. The summed E-state index contributed by atoms with van der Waals surface area (Å²) in [6, 6.07) is 1.85. The Bertz CT molecular complexity index is 527. The second-order valence-corrected chi connectivity index (χ2v) is 5.45. The fourth-order valence-electron chi connectivity index (χ4n) is 2.68. The molecule has 0 aliphatic heterocycles. The number of aliphatic hydroxyl groups is 1. The third-order valence-corrected chi connectivity index (χ3v) is 4.08. The lowest BCUT2D eigenvalue weighted by Gasteiger charge is -2.36. The molecule has 0 heterocycles. The summed E-state index contributed by atoms with van der Waals surface area (Å²) in [7, 11) is 1.66. The van der Waals surface area contributed by atoms with Gasteiger partial charge in [-0.1, -0.05) is 24.4 Å². The number of hydrogen-bond acceptors (Lipinski definition) is 4. The number of benzene rings is 1. The van der Waals surface area contributed by atoms with Crippen molar-refractivity contribution in [2.24, 2.45) is 0 Å². The Morgan fingerprint density at radius 3 is 2.70 bits per heavy atom. The Balaban J connectivity index is 2.39. The first-order valence-electron chi connectivity index (χ1n) is 6.46. The van der Waals surface area contributed by atoms with Crippen molar-refractivity contribution >= 4 is 23.0 Å². The molecule has 0 saturated heterocycles. The van der Waals surface area contributed by atoms with Crippen molar-refractivity contribution in [3.63, 3.8) is 0 Å². The number of rotatable bonds is 3. The van der Waals surface area contributed by atoms with Gasteiger partial charge in [0.15, 0.2) is 0 Å². The van der Waals surface area contributed by atoms with Gasteiger partial charge in [0.25, 0.3) is 5.69 Å². The van der Waals surface area contributed by atoms with Gasteiger partial charge in [0.05, 0.1) is 28.2 Å². The normalized spacial score (nSPS) is 22.6. The molecule has 2 atom stereocenters. The van der Waals surface area contributed by atoms with E-state index in [4.69, 9.17) is 11.6 Å². The SMILES string of the molecule is CN(c1cc(Cl)c(F)cc1[N+](=O)[O-])C1CCCCC1O. The third-order valence-electron chi connectivity index (χ3n) is 3.79. The van der Waals surface area contributed by atoms with Gasteiger partial charge in [-0.3, -0.25) is 10.1 Å². The van der Waals surface area contributed by atoms with Crippen LogP contribution in [-0.4, -0.2) is 29.2 Å². The molecule has 1 fully saturated rings. The standard InChI is InChI=1S/C13H16ClFN2O3/c1-16(10-4-2-3-5-13(10)18)11-6-8(14)9(15)7-12(11)17(19)20/h6-7,10,13,18H,2-5H2,1H3. The van der Waals surface area contributed by atoms with E-state index in [1.807, 2.05) is 0 Å². The van der Waals surface area contributed by atoms with Crippen LogP contribution in [0.25, 0.3) is 0 Å². The summed E-state index contributed by atoms with van der Waals surface area (Å²) >= 11 is 5.72. The molecule has 0 radical (unpaired) electrons. The van der Waals surface area contributed by atoms with E-state index in [9.17, 15) is 19.6 Å². The van der Waals surface area contributed by atoms with E-state index in [-0.39, 0.29) is 22.4 Å². The van der Waals surface area contributed by atoms with Crippen molar-refractivity contribution in [1.29, 1.82) is 0 Å². The fraction of sp³-hybridized carbons (Fsp3) is 0.538. The van der Waals surface area contributed by atoms with Gasteiger partial charge in [-0.2, -0.15) is 0 Å². The lowest BCUT2D eigenvalue weighted by atomic mass is 9.91. The molecule has 0 amide bonds. The van der Waals surface area contributed by atoms with E-state index >= 15 is 0 Å². The lowest BCUT2D eigenvalue weighted by molar-refractivity contribution is -0.384. The number of aliphatic hydroxyl groups excluding tert-OH is 1. The number of likely N-dealkylation sites (N-methyl/N-ethyl adjacent to an activating group) is 1. The van der Waals surface area contributed by atoms with Gasteiger partial charge in [0.2, 0.25) is 0 Å². The number of hydrogen-bond donors (Lipinski definition) is 1. The summed E-state index contributed by atoms with van der Waals surface area (Å²) in [6.45, 7) is 0. The molecule has 1 N–H and O–H groups in total. The van der Waals surface area contributed by atoms with Crippen LogP contribution in [0, 0.1) is 15.9 Å². The van der Waals surface area contributed by atoms with Gasteiger partial charge >= 0.3 is 0 Å². The molecule has 1 aliphatic rings. The largest absolute Gasteiger partial charge is 0.391 e. The van der Waals surface area contributed by atoms with Crippen molar-refractivity contribution in [1.82, 2.24) is 0 Å². The summed E-state index contributed by atoms with van der Waals surface area (Å²) in [4.78, 5) is 12.1. The van der Waals surface area contributed by atoms with E-state index < -0.39 is 16.8 Å². The Morgan fingerprint density at radius 1 is 1.45 bits per heavy atom. The van der Waals surface area contributed by atoms with Gasteiger partial charge in [0, 0.05) is 7.05 Å². The molecule has 0 spiro atoms. The molecule has 20 heavy (non-hydrogen) atoms. The summed E-state index contributed by atoms with van der Waals surface area (Å²) in [6.07, 6.45) is 2.76. The third kappa shape index (κ3) is 2.86. The molecule has 0 bridgehead atoms. The zero-order valence-electron chi connectivity index (χ0n) is 11.1. The van der Waals surface area contributed by atoms with Gasteiger partial charge in [-0.05, 0) is 18.9 Å². The average molecular weight is 303 g/mol. The highest BCUT2D eigenvalue weighted by molar-refractivity contribution is 6.31. The number of nitro groups is 1. The Kier molecular flexibility index (Phi) is 4.45. The monoisotopic (exact) mass is 302 g/mol. The van der Waals surface area contributed by atoms with Crippen LogP contribution in [0.3, 0.4) is 0 Å². The van der Waals surface area contributed by atoms with Crippen LogP contribution < -0.4 is 4.90 Å². The molecule has 1 aromatic rings. The van der Waals surface area contributed by atoms with Crippen LogP contribution in [0.15, 0.2) is 12.1 Å². The van der Waals surface area contributed by atoms with E-state index in [0.717, 1.165) is 25.3 Å². The minimum absolute atomic E-state index is 0.164. The summed E-state index contributed by atoms with van der Waals surface area (Å²) in [5.41, 5.74) is -0.112. The van der Waals surface area contributed by atoms with Gasteiger partial charge < -0.3 is 10.0 Å². The minimum Gasteiger partial charge on any atom is -0.391 e. The molecular weight excluding hydrogens is 287 g/mol. The first-order chi connectivity index (χ1) is 9.41. The van der Waals surface area contributed by atoms with Crippen LogP contribution in [0.2, 0.25) is 5.02 Å². The van der Waals surface area contributed by atoms with Crippen LogP contribution in [-0.2, 0) is 0 Å². The van der Waals surface area contributed by atoms with E-state index in [1.54, 1.807) is 11.9 Å². The number of anilines is 1. The predicted octanol–water partition coefficient (Wildman–Crippen LogP) is 3.13. The van der Waals surface area contributed by atoms with E-state index in [0.29, 0.717) is 6.42 Å². The Morgan fingerprint density at radius 2 is 2.10 bits per heavy atom.